The van der Waals surface area contributed by atoms with Crippen molar-refractivity contribution in [3.8, 4) is 0 Å². The molecule has 0 saturated carbocycles. The highest BCUT2D eigenvalue weighted by Crippen LogP contribution is 2.30. The molecule has 23 heavy (non-hydrogen) atoms. The number of ether oxygens (including phenoxy) is 1. The molecule has 1 aliphatic rings. The SMILES string of the molecule is CN(C)Nc1nc2c(ncn2[C@@H]2O[C@H](CO)[C@@H](O)[C@H]2O)c(=O)[nH]1. The van der Waals surface area contributed by atoms with Crippen LogP contribution in [0.15, 0.2) is 11.1 Å². The highest BCUT2D eigenvalue weighted by molar-refractivity contribution is 5.70. The molecule has 0 aromatic carbocycles. The molecule has 126 valence electrons. The van der Waals surface area contributed by atoms with Crippen molar-refractivity contribution in [3.63, 3.8) is 0 Å². The van der Waals surface area contributed by atoms with Gasteiger partial charge < -0.3 is 20.1 Å². The number of aromatic nitrogens is 4. The van der Waals surface area contributed by atoms with E-state index in [2.05, 4.69) is 20.4 Å². The molecule has 0 bridgehead atoms. The summed E-state index contributed by atoms with van der Waals surface area (Å²) >= 11 is 0. The van der Waals surface area contributed by atoms with E-state index < -0.39 is 36.7 Å². The largest absolute Gasteiger partial charge is 0.394 e. The van der Waals surface area contributed by atoms with E-state index in [1.807, 2.05) is 0 Å². The lowest BCUT2D eigenvalue weighted by Crippen LogP contribution is -2.33. The number of nitrogens with zero attached hydrogens (tertiary/aromatic N) is 4. The van der Waals surface area contributed by atoms with E-state index >= 15 is 0 Å². The number of hydrogen-bond acceptors (Lipinski definition) is 9. The van der Waals surface area contributed by atoms with Gasteiger partial charge in [0, 0.05) is 14.1 Å². The average Bonchev–Trinajstić information content (AvgIpc) is 3.01. The zero-order chi connectivity index (χ0) is 16.7. The quantitative estimate of drug-likeness (QED) is 0.388. The maximum absolute atomic E-state index is 12.1. The van der Waals surface area contributed by atoms with E-state index in [-0.39, 0.29) is 17.1 Å². The Morgan fingerprint density at radius 1 is 1.43 bits per heavy atom. The molecule has 5 N–H and O–H groups in total. The van der Waals surface area contributed by atoms with Crippen LogP contribution in [0, 0.1) is 0 Å². The molecular formula is C12H18N6O5. The minimum Gasteiger partial charge on any atom is -0.394 e. The number of hydrazine groups is 1. The van der Waals surface area contributed by atoms with Gasteiger partial charge in [0.05, 0.1) is 12.9 Å². The first-order valence-corrected chi connectivity index (χ1v) is 6.95. The van der Waals surface area contributed by atoms with E-state index in [1.54, 1.807) is 19.1 Å². The molecule has 0 unspecified atom stereocenters. The molecule has 1 fully saturated rings. The Morgan fingerprint density at radius 2 is 2.17 bits per heavy atom. The topological polar surface area (TPSA) is 149 Å². The molecule has 3 heterocycles. The summed E-state index contributed by atoms with van der Waals surface area (Å²) in [6, 6.07) is 0. The molecule has 1 saturated heterocycles. The number of fused-ring (bicyclic) bond motifs is 1. The first-order valence-electron chi connectivity index (χ1n) is 6.95. The van der Waals surface area contributed by atoms with E-state index in [1.165, 1.54) is 10.9 Å². The monoisotopic (exact) mass is 326 g/mol. The third kappa shape index (κ3) is 2.68. The highest BCUT2D eigenvalue weighted by atomic mass is 16.6. The summed E-state index contributed by atoms with van der Waals surface area (Å²) < 4.78 is 6.79. The minimum atomic E-state index is -1.28. The zero-order valence-electron chi connectivity index (χ0n) is 12.5. The predicted molar refractivity (Wildman–Crippen MR) is 78.5 cm³/mol. The van der Waals surface area contributed by atoms with Crippen LogP contribution in [-0.4, -0.2) is 78.9 Å². The van der Waals surface area contributed by atoms with Crippen molar-refractivity contribution in [1.82, 2.24) is 24.5 Å². The van der Waals surface area contributed by atoms with Gasteiger partial charge in [-0.05, 0) is 0 Å². The van der Waals surface area contributed by atoms with Crippen LogP contribution in [0.1, 0.15) is 6.23 Å². The molecule has 4 atom stereocenters. The molecule has 11 heteroatoms. The molecule has 0 amide bonds. The van der Waals surface area contributed by atoms with Gasteiger partial charge >= 0.3 is 0 Å². The number of aliphatic hydroxyl groups excluding tert-OH is 3. The van der Waals surface area contributed by atoms with Gasteiger partial charge in [-0.15, -0.1) is 0 Å². The van der Waals surface area contributed by atoms with Crippen LogP contribution in [0.4, 0.5) is 5.95 Å². The van der Waals surface area contributed by atoms with Crippen molar-refractivity contribution in [1.29, 1.82) is 0 Å². The second-order valence-corrected chi connectivity index (χ2v) is 5.47. The number of anilines is 1. The number of imidazole rings is 1. The normalized spacial score (nSPS) is 27.9. The first kappa shape index (κ1) is 15.8. The Morgan fingerprint density at radius 3 is 2.78 bits per heavy atom. The molecular weight excluding hydrogens is 308 g/mol. The second-order valence-electron chi connectivity index (χ2n) is 5.47. The van der Waals surface area contributed by atoms with Gasteiger partial charge in [0.1, 0.15) is 18.3 Å². The zero-order valence-corrected chi connectivity index (χ0v) is 12.5. The number of hydrogen-bond donors (Lipinski definition) is 5. The first-order chi connectivity index (χ1) is 10.9. The Kier molecular flexibility index (Phi) is 4.04. The smallest absolute Gasteiger partial charge is 0.280 e. The lowest BCUT2D eigenvalue weighted by molar-refractivity contribution is -0.0511. The third-order valence-electron chi connectivity index (χ3n) is 3.55. The van der Waals surface area contributed by atoms with Crippen molar-refractivity contribution in [2.75, 3.05) is 26.1 Å². The number of aliphatic hydroxyl groups is 3. The summed E-state index contributed by atoms with van der Waals surface area (Å²) in [5.74, 6) is 0.195. The third-order valence-corrected chi connectivity index (χ3v) is 3.55. The van der Waals surface area contributed by atoms with Crippen molar-refractivity contribution >= 4 is 17.1 Å². The number of rotatable bonds is 4. The lowest BCUT2D eigenvalue weighted by atomic mass is 10.1. The Bertz CT molecular complexity index is 758. The fraction of sp³-hybridized carbons (Fsp3) is 0.583. The van der Waals surface area contributed by atoms with Crippen LogP contribution >= 0.6 is 0 Å². The van der Waals surface area contributed by atoms with Crippen LogP contribution in [0.3, 0.4) is 0 Å². The Labute approximate surface area is 130 Å². The van der Waals surface area contributed by atoms with Crippen molar-refractivity contribution in [2.24, 2.45) is 0 Å². The van der Waals surface area contributed by atoms with Crippen LogP contribution < -0.4 is 11.0 Å². The van der Waals surface area contributed by atoms with Crippen LogP contribution in [0.25, 0.3) is 11.2 Å². The lowest BCUT2D eigenvalue weighted by Gasteiger charge is -2.17. The fourth-order valence-electron chi connectivity index (χ4n) is 2.49. The van der Waals surface area contributed by atoms with Crippen molar-refractivity contribution in [3.05, 3.63) is 16.7 Å². The Hall–Kier alpha value is -2.05. The summed E-state index contributed by atoms with van der Waals surface area (Å²) in [7, 11) is 3.46. The molecule has 2 aromatic heterocycles. The molecule has 1 aliphatic heterocycles. The van der Waals surface area contributed by atoms with Gasteiger partial charge in [0.25, 0.3) is 5.56 Å². The molecule has 3 rings (SSSR count). The number of nitrogens with one attached hydrogen (secondary N) is 2. The number of H-pyrrole nitrogens is 1. The van der Waals surface area contributed by atoms with Gasteiger partial charge in [-0.3, -0.25) is 19.8 Å². The standard InChI is InChI=1S/C12H18N6O5/c1-17(2)16-12-14-9-6(10(22)15-12)13-4-18(9)11-8(21)7(20)5(3-19)23-11/h4-5,7-8,11,19-21H,3H2,1-2H3,(H2,14,15,16,22)/t5-,7-,8-,11-/m1/s1. The summed E-state index contributed by atoms with van der Waals surface area (Å²) in [5, 5.41) is 30.7. The molecule has 11 nitrogen and oxygen atoms in total. The van der Waals surface area contributed by atoms with Gasteiger partial charge in [-0.25, -0.2) is 9.99 Å². The summed E-state index contributed by atoms with van der Waals surface area (Å²) in [6.07, 6.45) is -3.16. The average molecular weight is 326 g/mol. The Balaban J connectivity index is 2.05. The summed E-state index contributed by atoms with van der Waals surface area (Å²) in [6.45, 7) is -0.442. The molecule has 0 aliphatic carbocycles. The van der Waals surface area contributed by atoms with Gasteiger partial charge in [-0.2, -0.15) is 4.98 Å². The van der Waals surface area contributed by atoms with Crippen LogP contribution in [0.2, 0.25) is 0 Å². The fourth-order valence-corrected chi connectivity index (χ4v) is 2.49. The predicted octanol–water partition coefficient (Wildman–Crippen LogP) is -2.38. The molecule has 0 radical (unpaired) electrons. The maximum atomic E-state index is 12.1. The van der Waals surface area contributed by atoms with Crippen LogP contribution in [0.5, 0.6) is 0 Å². The molecule has 0 spiro atoms. The van der Waals surface area contributed by atoms with Gasteiger partial charge in [-0.1, -0.05) is 0 Å². The van der Waals surface area contributed by atoms with E-state index in [4.69, 9.17) is 9.84 Å². The summed E-state index contributed by atoms with van der Waals surface area (Å²) in [5.41, 5.74) is 2.63. The van der Waals surface area contributed by atoms with Crippen molar-refractivity contribution < 1.29 is 20.1 Å². The van der Waals surface area contributed by atoms with Crippen LogP contribution in [-0.2, 0) is 4.74 Å². The van der Waals surface area contributed by atoms with Gasteiger partial charge in [0.15, 0.2) is 17.4 Å². The molecule has 2 aromatic rings. The van der Waals surface area contributed by atoms with E-state index in [0.717, 1.165) is 0 Å². The van der Waals surface area contributed by atoms with E-state index in [0.29, 0.717) is 0 Å². The minimum absolute atomic E-state index is 0.0760. The maximum Gasteiger partial charge on any atom is 0.280 e. The highest BCUT2D eigenvalue weighted by Gasteiger charge is 2.44. The van der Waals surface area contributed by atoms with E-state index in [9.17, 15) is 15.0 Å². The number of aromatic amines is 1. The second kappa shape index (κ2) is 5.86. The summed E-state index contributed by atoms with van der Waals surface area (Å²) in [4.78, 5) is 22.8. The van der Waals surface area contributed by atoms with Crippen molar-refractivity contribution in [2.45, 2.75) is 24.5 Å². The van der Waals surface area contributed by atoms with Gasteiger partial charge in [0.2, 0.25) is 5.95 Å².